The van der Waals surface area contributed by atoms with Crippen LogP contribution in [-0.2, 0) is 11.2 Å². The largest absolute Gasteiger partial charge is 0.497 e. The van der Waals surface area contributed by atoms with Gasteiger partial charge in [0, 0.05) is 10.2 Å². The maximum Gasteiger partial charge on any atom is 0.238 e. The predicted octanol–water partition coefficient (Wildman–Crippen LogP) is 3.54. The fraction of sp³-hybridized carbons (Fsp3) is 0.278. The minimum atomic E-state index is -0.0458. The van der Waals surface area contributed by atoms with Gasteiger partial charge in [0.25, 0.3) is 0 Å². The lowest BCUT2D eigenvalue weighted by atomic mass is 10.1. The number of aryl methyl sites for hydroxylation is 1. The predicted molar refractivity (Wildman–Crippen MR) is 97.1 cm³/mol. The zero-order chi connectivity index (χ0) is 16.7. The van der Waals surface area contributed by atoms with E-state index in [4.69, 9.17) is 4.74 Å². The number of hydrogen-bond donors (Lipinski definition) is 2. The number of methoxy groups -OCH3 is 1. The Morgan fingerprint density at radius 3 is 2.57 bits per heavy atom. The quantitative estimate of drug-likeness (QED) is 0.726. The molecule has 0 aromatic heterocycles. The van der Waals surface area contributed by atoms with Crippen LogP contribution in [0.15, 0.2) is 46.9 Å². The molecule has 0 aliphatic heterocycles. The van der Waals surface area contributed by atoms with Gasteiger partial charge in [0.1, 0.15) is 5.75 Å². The standard InChI is InChI=1S/C18H21BrN2O2/c1-13-3-6-15(11-17(13)19)21-18(22)12-20-10-9-14-4-7-16(23-2)8-5-14/h3-8,11,20H,9-10,12H2,1-2H3,(H,21,22). The minimum Gasteiger partial charge on any atom is -0.497 e. The molecule has 0 unspecified atom stereocenters. The van der Waals surface area contributed by atoms with E-state index in [0.29, 0.717) is 6.54 Å². The fourth-order valence-corrected chi connectivity index (χ4v) is 2.48. The van der Waals surface area contributed by atoms with Crippen molar-refractivity contribution < 1.29 is 9.53 Å². The number of benzene rings is 2. The van der Waals surface area contributed by atoms with Crippen LogP contribution in [0.25, 0.3) is 0 Å². The van der Waals surface area contributed by atoms with Crippen LogP contribution in [0.1, 0.15) is 11.1 Å². The minimum absolute atomic E-state index is 0.0458. The lowest BCUT2D eigenvalue weighted by Crippen LogP contribution is -2.29. The van der Waals surface area contributed by atoms with E-state index in [1.54, 1.807) is 7.11 Å². The first kappa shape index (κ1) is 17.5. The molecule has 0 bridgehead atoms. The number of carbonyl (C=O) groups excluding carboxylic acids is 1. The number of rotatable bonds is 7. The van der Waals surface area contributed by atoms with Crippen molar-refractivity contribution in [2.24, 2.45) is 0 Å². The van der Waals surface area contributed by atoms with Crippen molar-refractivity contribution in [1.82, 2.24) is 5.32 Å². The summed E-state index contributed by atoms with van der Waals surface area (Å²) in [7, 11) is 1.65. The van der Waals surface area contributed by atoms with Crippen LogP contribution >= 0.6 is 15.9 Å². The van der Waals surface area contributed by atoms with Gasteiger partial charge < -0.3 is 15.4 Å². The summed E-state index contributed by atoms with van der Waals surface area (Å²) in [5, 5.41) is 6.03. The molecule has 2 N–H and O–H groups in total. The Hall–Kier alpha value is -1.85. The third-order valence-corrected chi connectivity index (χ3v) is 4.34. The molecule has 0 saturated heterocycles. The van der Waals surface area contributed by atoms with Gasteiger partial charge in [-0.2, -0.15) is 0 Å². The highest BCUT2D eigenvalue weighted by Gasteiger charge is 2.03. The van der Waals surface area contributed by atoms with Gasteiger partial charge in [0.2, 0.25) is 5.91 Å². The van der Waals surface area contributed by atoms with E-state index in [9.17, 15) is 4.79 Å². The van der Waals surface area contributed by atoms with Crippen LogP contribution in [0, 0.1) is 6.92 Å². The van der Waals surface area contributed by atoms with Crippen molar-refractivity contribution in [3.8, 4) is 5.75 Å². The lowest BCUT2D eigenvalue weighted by Gasteiger charge is -2.08. The first-order chi connectivity index (χ1) is 11.1. The highest BCUT2D eigenvalue weighted by Crippen LogP contribution is 2.20. The molecule has 5 heteroatoms. The van der Waals surface area contributed by atoms with E-state index in [1.165, 1.54) is 5.56 Å². The first-order valence-corrected chi connectivity index (χ1v) is 8.27. The SMILES string of the molecule is COc1ccc(CCNCC(=O)Nc2ccc(C)c(Br)c2)cc1. The van der Waals surface area contributed by atoms with Gasteiger partial charge >= 0.3 is 0 Å². The summed E-state index contributed by atoms with van der Waals surface area (Å²) in [4.78, 5) is 11.9. The molecule has 0 saturated carbocycles. The average molecular weight is 377 g/mol. The summed E-state index contributed by atoms with van der Waals surface area (Å²) >= 11 is 3.46. The zero-order valence-electron chi connectivity index (χ0n) is 13.4. The molecule has 2 aromatic carbocycles. The molecule has 2 aromatic rings. The molecule has 0 aliphatic rings. The van der Waals surface area contributed by atoms with Gasteiger partial charge in [0.15, 0.2) is 0 Å². The number of ether oxygens (including phenoxy) is 1. The average Bonchev–Trinajstić information content (AvgIpc) is 2.55. The van der Waals surface area contributed by atoms with Crippen molar-refractivity contribution in [2.75, 3.05) is 25.5 Å². The summed E-state index contributed by atoms with van der Waals surface area (Å²) in [6, 6.07) is 13.7. The number of halogens is 1. The second kappa shape index (κ2) is 8.70. The monoisotopic (exact) mass is 376 g/mol. The molecule has 1 amide bonds. The third-order valence-electron chi connectivity index (χ3n) is 3.49. The molecule has 0 fully saturated rings. The van der Waals surface area contributed by atoms with E-state index in [1.807, 2.05) is 49.4 Å². The van der Waals surface area contributed by atoms with Crippen molar-refractivity contribution in [2.45, 2.75) is 13.3 Å². The molecule has 122 valence electrons. The van der Waals surface area contributed by atoms with Crippen LogP contribution in [-0.4, -0.2) is 26.1 Å². The van der Waals surface area contributed by atoms with E-state index in [2.05, 4.69) is 26.6 Å². The molecule has 0 spiro atoms. The number of hydrogen-bond acceptors (Lipinski definition) is 3. The number of carbonyl (C=O) groups is 1. The number of anilines is 1. The summed E-state index contributed by atoms with van der Waals surface area (Å²) in [6.45, 7) is 3.05. The maximum atomic E-state index is 11.9. The highest BCUT2D eigenvalue weighted by molar-refractivity contribution is 9.10. The highest BCUT2D eigenvalue weighted by atomic mass is 79.9. The van der Waals surface area contributed by atoms with Crippen molar-refractivity contribution in [1.29, 1.82) is 0 Å². The summed E-state index contributed by atoms with van der Waals surface area (Å²) in [6.07, 6.45) is 0.868. The molecule has 4 nitrogen and oxygen atoms in total. The Bertz CT molecular complexity index is 657. The molecule has 2 rings (SSSR count). The molecular formula is C18H21BrN2O2. The Labute approximate surface area is 145 Å². The van der Waals surface area contributed by atoms with Crippen molar-refractivity contribution in [3.63, 3.8) is 0 Å². The van der Waals surface area contributed by atoms with E-state index >= 15 is 0 Å². The van der Waals surface area contributed by atoms with Crippen LogP contribution < -0.4 is 15.4 Å². The van der Waals surface area contributed by atoms with E-state index < -0.39 is 0 Å². The molecule has 0 radical (unpaired) electrons. The summed E-state index contributed by atoms with van der Waals surface area (Å²) in [5.74, 6) is 0.806. The Kier molecular flexibility index (Phi) is 6.62. The Balaban J connectivity index is 1.70. The topological polar surface area (TPSA) is 50.4 Å². The lowest BCUT2D eigenvalue weighted by molar-refractivity contribution is -0.115. The molecular weight excluding hydrogens is 356 g/mol. The van der Waals surface area contributed by atoms with Gasteiger partial charge in [-0.15, -0.1) is 0 Å². The van der Waals surface area contributed by atoms with Gasteiger partial charge in [0.05, 0.1) is 13.7 Å². The van der Waals surface area contributed by atoms with Crippen molar-refractivity contribution >= 4 is 27.5 Å². The van der Waals surface area contributed by atoms with Gasteiger partial charge in [-0.25, -0.2) is 0 Å². The Morgan fingerprint density at radius 2 is 1.91 bits per heavy atom. The van der Waals surface area contributed by atoms with E-state index in [0.717, 1.165) is 34.4 Å². The van der Waals surface area contributed by atoms with Crippen molar-refractivity contribution in [3.05, 3.63) is 58.1 Å². The second-order valence-electron chi connectivity index (χ2n) is 5.29. The van der Waals surface area contributed by atoms with Crippen LogP contribution in [0.2, 0.25) is 0 Å². The molecule has 0 atom stereocenters. The fourth-order valence-electron chi connectivity index (χ4n) is 2.10. The summed E-state index contributed by atoms with van der Waals surface area (Å²) < 4.78 is 6.12. The van der Waals surface area contributed by atoms with E-state index in [-0.39, 0.29) is 5.91 Å². The van der Waals surface area contributed by atoms with Crippen LogP contribution in [0.3, 0.4) is 0 Å². The summed E-state index contributed by atoms with van der Waals surface area (Å²) in [5.41, 5.74) is 3.14. The molecule has 0 heterocycles. The third kappa shape index (κ3) is 5.69. The smallest absolute Gasteiger partial charge is 0.238 e. The van der Waals surface area contributed by atoms with Gasteiger partial charge in [-0.1, -0.05) is 34.1 Å². The normalized spacial score (nSPS) is 10.4. The maximum absolute atomic E-state index is 11.9. The number of amides is 1. The van der Waals surface area contributed by atoms with Crippen LogP contribution in [0.4, 0.5) is 5.69 Å². The second-order valence-corrected chi connectivity index (χ2v) is 6.14. The van der Waals surface area contributed by atoms with Crippen LogP contribution in [0.5, 0.6) is 5.75 Å². The Morgan fingerprint density at radius 1 is 1.17 bits per heavy atom. The molecule has 23 heavy (non-hydrogen) atoms. The zero-order valence-corrected chi connectivity index (χ0v) is 14.9. The number of nitrogens with one attached hydrogen (secondary N) is 2. The van der Waals surface area contributed by atoms with Gasteiger partial charge in [-0.05, 0) is 55.3 Å². The molecule has 0 aliphatic carbocycles. The first-order valence-electron chi connectivity index (χ1n) is 7.48. The van der Waals surface area contributed by atoms with Gasteiger partial charge in [-0.3, -0.25) is 4.79 Å².